The monoisotopic (exact) mass is 648 g/mol. The first kappa shape index (κ1) is 32.0. The lowest BCUT2D eigenvalue weighted by Crippen LogP contribution is -2.26. The number of halogens is 1. The van der Waals surface area contributed by atoms with Gasteiger partial charge >= 0.3 is 0 Å². The van der Waals surface area contributed by atoms with E-state index >= 15 is 0 Å². The first-order chi connectivity index (χ1) is 21.7. The standard InChI is InChI=1S/C36H45ClN4O3S/c1-40(24-31-20-25(13-18-33(31)37)19-26-21-34-36(35(22-26)44-3)41(2)39-38-34)45(42,43)32-16-14-28(15-17-32)30-12-8-7-11-29(23-30)27-9-5-4-6-10-27/h13-18,20-22,27,29-30H,4-12,19,23-24H2,1-3H3. The third-order valence-corrected chi connectivity index (χ3v) is 12.4. The third kappa shape index (κ3) is 7.08. The Morgan fingerprint density at radius 2 is 1.62 bits per heavy atom. The zero-order valence-electron chi connectivity index (χ0n) is 26.7. The molecule has 1 aromatic heterocycles. The number of sulfonamides is 1. The fourth-order valence-electron chi connectivity index (χ4n) is 7.71. The van der Waals surface area contributed by atoms with Gasteiger partial charge in [0.15, 0.2) is 0 Å². The smallest absolute Gasteiger partial charge is 0.243 e. The molecule has 2 atom stereocenters. The molecular weight excluding hydrogens is 604 g/mol. The largest absolute Gasteiger partial charge is 0.494 e. The molecule has 240 valence electrons. The van der Waals surface area contributed by atoms with Gasteiger partial charge in [0, 0.05) is 25.7 Å². The van der Waals surface area contributed by atoms with Crippen molar-refractivity contribution in [2.24, 2.45) is 18.9 Å². The fraction of sp³-hybridized carbons (Fsp3) is 0.500. The van der Waals surface area contributed by atoms with Crippen molar-refractivity contribution in [2.75, 3.05) is 14.2 Å². The summed E-state index contributed by atoms with van der Waals surface area (Å²) in [4.78, 5) is 0.322. The van der Waals surface area contributed by atoms with Crippen LogP contribution in [0.4, 0.5) is 0 Å². The first-order valence-corrected chi connectivity index (χ1v) is 18.2. The van der Waals surface area contributed by atoms with E-state index in [0.717, 1.165) is 39.6 Å². The zero-order chi connectivity index (χ0) is 31.6. The molecule has 0 spiro atoms. The number of aromatic nitrogens is 3. The molecule has 2 saturated carbocycles. The first-order valence-electron chi connectivity index (χ1n) is 16.4. The van der Waals surface area contributed by atoms with Crippen LogP contribution in [0.15, 0.2) is 59.5 Å². The second-order valence-electron chi connectivity index (χ2n) is 13.2. The predicted octanol–water partition coefficient (Wildman–Crippen LogP) is 8.29. The average Bonchev–Trinajstić information content (AvgIpc) is 3.26. The Balaban J connectivity index is 1.15. The van der Waals surface area contributed by atoms with Crippen molar-refractivity contribution in [2.45, 2.75) is 88.0 Å². The van der Waals surface area contributed by atoms with Crippen LogP contribution >= 0.6 is 11.6 Å². The number of hydrogen-bond donors (Lipinski definition) is 0. The van der Waals surface area contributed by atoms with Gasteiger partial charge in [-0.15, -0.1) is 5.10 Å². The second-order valence-corrected chi connectivity index (χ2v) is 15.6. The van der Waals surface area contributed by atoms with Gasteiger partial charge in [-0.2, -0.15) is 4.31 Å². The summed E-state index contributed by atoms with van der Waals surface area (Å²) in [5, 5.41) is 8.91. The number of fused-ring (bicyclic) bond motifs is 1. The molecule has 0 bridgehead atoms. The Kier molecular flexibility index (Phi) is 9.83. The van der Waals surface area contributed by atoms with Gasteiger partial charge in [0.2, 0.25) is 10.0 Å². The zero-order valence-corrected chi connectivity index (χ0v) is 28.3. The van der Waals surface area contributed by atoms with Crippen LogP contribution in [0.1, 0.15) is 92.4 Å². The van der Waals surface area contributed by atoms with Crippen LogP contribution in [-0.2, 0) is 30.0 Å². The van der Waals surface area contributed by atoms with E-state index in [0.29, 0.717) is 28.0 Å². The van der Waals surface area contributed by atoms with E-state index in [9.17, 15) is 8.42 Å². The fourth-order valence-corrected chi connectivity index (χ4v) is 9.04. The van der Waals surface area contributed by atoms with E-state index in [4.69, 9.17) is 16.3 Å². The summed E-state index contributed by atoms with van der Waals surface area (Å²) < 4.78 is 36.1. The molecule has 2 unspecified atom stereocenters. The van der Waals surface area contributed by atoms with Crippen LogP contribution in [0.5, 0.6) is 5.75 Å². The Morgan fingerprint density at radius 1 is 0.911 bits per heavy atom. The third-order valence-electron chi connectivity index (χ3n) is 10.2. The lowest BCUT2D eigenvalue weighted by atomic mass is 9.74. The minimum absolute atomic E-state index is 0.176. The van der Waals surface area contributed by atoms with Crippen LogP contribution in [-0.4, -0.2) is 41.9 Å². The minimum atomic E-state index is -3.70. The number of ether oxygens (including phenoxy) is 1. The van der Waals surface area contributed by atoms with Gasteiger partial charge in [0.05, 0.1) is 12.0 Å². The van der Waals surface area contributed by atoms with Crippen LogP contribution < -0.4 is 4.74 Å². The van der Waals surface area contributed by atoms with Crippen molar-refractivity contribution in [3.05, 3.63) is 81.9 Å². The van der Waals surface area contributed by atoms with Crippen molar-refractivity contribution in [3.8, 4) is 5.75 Å². The van der Waals surface area contributed by atoms with Crippen molar-refractivity contribution >= 4 is 32.7 Å². The molecule has 1 heterocycles. The van der Waals surface area contributed by atoms with Gasteiger partial charge in [-0.3, -0.25) is 0 Å². The predicted molar refractivity (Wildman–Crippen MR) is 180 cm³/mol. The molecule has 2 aliphatic rings. The van der Waals surface area contributed by atoms with Crippen LogP contribution in [0.3, 0.4) is 0 Å². The molecule has 2 aliphatic carbocycles. The summed E-state index contributed by atoms with van der Waals surface area (Å²) in [7, 11) is 1.40. The molecule has 0 N–H and O–H groups in total. The minimum Gasteiger partial charge on any atom is -0.494 e. The molecule has 0 radical (unpaired) electrons. The molecule has 4 aromatic rings. The summed E-state index contributed by atoms with van der Waals surface area (Å²) in [6, 6.07) is 17.5. The highest BCUT2D eigenvalue weighted by molar-refractivity contribution is 7.89. The molecule has 2 fully saturated rings. The summed E-state index contributed by atoms with van der Waals surface area (Å²) in [5.74, 6) is 2.92. The van der Waals surface area contributed by atoms with E-state index in [2.05, 4.69) is 22.4 Å². The van der Waals surface area contributed by atoms with E-state index < -0.39 is 10.0 Å². The maximum absolute atomic E-state index is 13.7. The van der Waals surface area contributed by atoms with Gasteiger partial charge in [-0.1, -0.05) is 92.4 Å². The lowest BCUT2D eigenvalue weighted by Gasteiger charge is -2.31. The van der Waals surface area contributed by atoms with Crippen molar-refractivity contribution < 1.29 is 13.2 Å². The second kappa shape index (κ2) is 13.8. The van der Waals surface area contributed by atoms with E-state index in [-0.39, 0.29) is 6.54 Å². The molecular formula is C36H45ClN4O3S. The average molecular weight is 649 g/mol. The van der Waals surface area contributed by atoms with Crippen LogP contribution in [0.25, 0.3) is 11.0 Å². The molecule has 0 saturated heterocycles. The van der Waals surface area contributed by atoms with Crippen molar-refractivity contribution in [1.82, 2.24) is 19.3 Å². The number of benzene rings is 3. The molecule has 3 aromatic carbocycles. The Hall–Kier alpha value is -2.94. The van der Waals surface area contributed by atoms with E-state index in [1.807, 2.05) is 37.4 Å². The SMILES string of the molecule is COc1cc(Cc2ccc(Cl)c(CN(C)S(=O)(=O)c3ccc(C4CCCCC(C5CCCCC5)C4)cc3)c2)cc2nnn(C)c12. The number of rotatable bonds is 9. The van der Waals surface area contributed by atoms with Gasteiger partial charge in [0.25, 0.3) is 0 Å². The highest BCUT2D eigenvalue weighted by Crippen LogP contribution is 2.42. The van der Waals surface area contributed by atoms with E-state index in [1.165, 1.54) is 74.1 Å². The normalized spacial score (nSPS) is 20.0. The highest BCUT2D eigenvalue weighted by atomic mass is 35.5. The molecule has 45 heavy (non-hydrogen) atoms. The Labute approximate surface area is 273 Å². The quantitative estimate of drug-likeness (QED) is 0.171. The van der Waals surface area contributed by atoms with Crippen LogP contribution in [0, 0.1) is 11.8 Å². The highest BCUT2D eigenvalue weighted by Gasteiger charge is 2.29. The maximum Gasteiger partial charge on any atom is 0.243 e. The molecule has 0 amide bonds. The van der Waals surface area contributed by atoms with Crippen LogP contribution in [0.2, 0.25) is 5.02 Å². The van der Waals surface area contributed by atoms with Crippen molar-refractivity contribution in [3.63, 3.8) is 0 Å². The van der Waals surface area contributed by atoms with E-state index in [1.54, 1.807) is 31.0 Å². The summed E-state index contributed by atoms with van der Waals surface area (Å²) in [6.07, 6.45) is 13.9. The number of nitrogens with zero attached hydrogens (tertiary/aromatic N) is 4. The van der Waals surface area contributed by atoms with Crippen molar-refractivity contribution in [1.29, 1.82) is 0 Å². The Bertz CT molecular complexity index is 1730. The summed E-state index contributed by atoms with van der Waals surface area (Å²) in [6.45, 7) is 0.176. The Morgan fingerprint density at radius 3 is 2.38 bits per heavy atom. The molecule has 9 heteroatoms. The topological polar surface area (TPSA) is 77.3 Å². The summed E-state index contributed by atoms with van der Waals surface area (Å²) >= 11 is 6.59. The van der Waals surface area contributed by atoms with Gasteiger partial charge < -0.3 is 4.74 Å². The van der Waals surface area contributed by atoms with Gasteiger partial charge in [-0.25, -0.2) is 13.1 Å². The molecule has 7 nitrogen and oxygen atoms in total. The molecule has 0 aliphatic heterocycles. The number of aryl methyl sites for hydroxylation is 1. The number of hydrogen-bond acceptors (Lipinski definition) is 5. The number of methoxy groups -OCH3 is 1. The summed E-state index contributed by atoms with van der Waals surface area (Å²) in [5.41, 5.74) is 5.69. The maximum atomic E-state index is 13.7. The molecule has 6 rings (SSSR count). The lowest BCUT2D eigenvalue weighted by molar-refractivity contribution is 0.221. The van der Waals surface area contributed by atoms with Gasteiger partial charge in [0.1, 0.15) is 16.8 Å². The van der Waals surface area contributed by atoms with Gasteiger partial charge in [-0.05, 0) is 89.6 Å².